The molecule has 0 bridgehead atoms. The van der Waals surface area contributed by atoms with E-state index in [1.165, 1.54) is 26.4 Å². The number of nitrogens with one attached hydrogen (secondary N) is 1. The van der Waals surface area contributed by atoms with Gasteiger partial charge in [0.05, 0.1) is 13.7 Å². The van der Waals surface area contributed by atoms with Crippen molar-refractivity contribution in [1.82, 2.24) is 5.32 Å². The van der Waals surface area contributed by atoms with Gasteiger partial charge in [-0.05, 0) is 19.3 Å². The maximum absolute atomic E-state index is 11.8. The monoisotopic (exact) mass is 229 g/mol. The summed E-state index contributed by atoms with van der Waals surface area (Å²) in [4.78, 5) is 11.8. The Morgan fingerprint density at radius 3 is 2.56 bits per heavy atom. The molecule has 0 aromatic carbocycles. The van der Waals surface area contributed by atoms with E-state index in [1.54, 1.807) is 7.11 Å². The second-order valence-corrected chi connectivity index (χ2v) is 4.74. The summed E-state index contributed by atoms with van der Waals surface area (Å²) in [5.41, 5.74) is -0.557. The van der Waals surface area contributed by atoms with Crippen molar-refractivity contribution < 1.29 is 14.3 Å². The van der Waals surface area contributed by atoms with E-state index >= 15 is 0 Å². The number of methoxy groups -OCH3 is 2. The van der Waals surface area contributed by atoms with Gasteiger partial charge < -0.3 is 9.47 Å². The summed E-state index contributed by atoms with van der Waals surface area (Å²) in [6.45, 7) is 3.21. The predicted octanol–water partition coefficient (Wildman–Crippen LogP) is 1.34. The highest BCUT2D eigenvalue weighted by Crippen LogP contribution is 2.34. The van der Waals surface area contributed by atoms with E-state index in [0.717, 1.165) is 6.42 Å². The molecule has 0 heterocycles. The Morgan fingerprint density at radius 2 is 2.12 bits per heavy atom. The molecule has 0 aromatic heterocycles. The van der Waals surface area contributed by atoms with Crippen LogP contribution in [0.2, 0.25) is 0 Å². The fraction of sp³-hybridized carbons (Fsp3) is 0.917. The van der Waals surface area contributed by atoms with E-state index in [2.05, 4.69) is 5.32 Å². The average Bonchev–Trinajstić information content (AvgIpc) is 2.23. The molecular weight excluding hydrogens is 206 g/mol. The smallest absolute Gasteiger partial charge is 0.325 e. The lowest BCUT2D eigenvalue weighted by molar-refractivity contribution is -0.149. The van der Waals surface area contributed by atoms with Crippen LogP contribution >= 0.6 is 0 Å². The van der Waals surface area contributed by atoms with Crippen LogP contribution in [-0.2, 0) is 14.3 Å². The number of hydrogen-bond acceptors (Lipinski definition) is 4. The second kappa shape index (κ2) is 6.21. The molecule has 1 unspecified atom stereocenters. The molecular formula is C12H23NO3. The number of hydrogen-bond donors (Lipinski definition) is 1. The molecule has 1 fully saturated rings. The number of carbonyl (C=O) groups is 1. The van der Waals surface area contributed by atoms with Crippen molar-refractivity contribution in [2.75, 3.05) is 27.4 Å². The van der Waals surface area contributed by atoms with Crippen LogP contribution in [0.25, 0.3) is 0 Å². The summed E-state index contributed by atoms with van der Waals surface area (Å²) in [5.74, 6) is 0.495. The molecule has 4 heteroatoms. The van der Waals surface area contributed by atoms with Gasteiger partial charge in [-0.3, -0.25) is 10.1 Å². The summed E-state index contributed by atoms with van der Waals surface area (Å²) in [6, 6.07) is 0. The van der Waals surface area contributed by atoms with Gasteiger partial charge in [0.1, 0.15) is 5.54 Å². The fourth-order valence-electron chi connectivity index (χ4n) is 2.16. The molecule has 1 saturated carbocycles. The first-order valence-corrected chi connectivity index (χ1v) is 5.95. The van der Waals surface area contributed by atoms with E-state index in [9.17, 15) is 4.79 Å². The van der Waals surface area contributed by atoms with Gasteiger partial charge in [-0.25, -0.2) is 0 Å². The highest BCUT2D eigenvalue weighted by atomic mass is 16.5. The zero-order chi connectivity index (χ0) is 12.0. The molecule has 1 aliphatic rings. The largest absolute Gasteiger partial charge is 0.468 e. The first kappa shape index (κ1) is 13.5. The Labute approximate surface area is 97.7 Å². The Morgan fingerprint density at radius 1 is 1.44 bits per heavy atom. The summed E-state index contributed by atoms with van der Waals surface area (Å²) in [5, 5.41) is 3.25. The maximum atomic E-state index is 11.8. The van der Waals surface area contributed by atoms with Crippen LogP contribution in [0.5, 0.6) is 0 Å². The quantitative estimate of drug-likeness (QED) is 0.529. The predicted molar refractivity (Wildman–Crippen MR) is 62.3 cm³/mol. The number of rotatable bonds is 7. The van der Waals surface area contributed by atoms with E-state index in [4.69, 9.17) is 9.47 Å². The van der Waals surface area contributed by atoms with Crippen LogP contribution in [0.15, 0.2) is 0 Å². The van der Waals surface area contributed by atoms with Crippen molar-refractivity contribution in [2.45, 2.75) is 38.1 Å². The van der Waals surface area contributed by atoms with Crippen molar-refractivity contribution in [3.63, 3.8) is 0 Å². The lowest BCUT2D eigenvalue weighted by atomic mass is 9.76. The molecule has 4 nitrogen and oxygen atoms in total. The van der Waals surface area contributed by atoms with Gasteiger partial charge in [0.2, 0.25) is 0 Å². The molecule has 0 aliphatic heterocycles. The fourth-order valence-corrected chi connectivity index (χ4v) is 2.16. The minimum absolute atomic E-state index is 0.171. The SMILES string of the molecule is COCCNC(C)(CC1CCC1)C(=O)OC. The molecule has 1 atom stereocenters. The highest BCUT2D eigenvalue weighted by Gasteiger charge is 2.37. The number of carbonyl (C=O) groups excluding carboxylic acids is 1. The summed E-state index contributed by atoms with van der Waals surface area (Å²) in [6.07, 6.45) is 4.63. The third-order valence-corrected chi connectivity index (χ3v) is 3.38. The standard InChI is InChI=1S/C12H23NO3/c1-12(11(14)16-3,13-7-8-15-2)9-10-5-4-6-10/h10,13H,4-9H2,1-3H3. The second-order valence-electron chi connectivity index (χ2n) is 4.74. The van der Waals surface area contributed by atoms with E-state index in [-0.39, 0.29) is 5.97 Å². The molecule has 0 aromatic rings. The van der Waals surface area contributed by atoms with Gasteiger partial charge in [0.15, 0.2) is 0 Å². The first-order chi connectivity index (χ1) is 7.62. The van der Waals surface area contributed by atoms with Gasteiger partial charge in [-0.2, -0.15) is 0 Å². The molecule has 0 radical (unpaired) electrons. The van der Waals surface area contributed by atoms with Crippen LogP contribution in [0.1, 0.15) is 32.6 Å². The van der Waals surface area contributed by atoms with Gasteiger partial charge in [0.25, 0.3) is 0 Å². The zero-order valence-corrected chi connectivity index (χ0v) is 10.5. The molecule has 1 aliphatic carbocycles. The van der Waals surface area contributed by atoms with Crippen LogP contribution < -0.4 is 5.32 Å². The average molecular weight is 229 g/mol. The van der Waals surface area contributed by atoms with E-state index in [1.807, 2.05) is 6.92 Å². The Kier molecular flexibility index (Phi) is 5.22. The molecule has 0 saturated heterocycles. The molecule has 16 heavy (non-hydrogen) atoms. The minimum atomic E-state index is -0.557. The number of esters is 1. The summed E-state index contributed by atoms with van der Waals surface area (Å²) < 4.78 is 9.85. The highest BCUT2D eigenvalue weighted by molar-refractivity contribution is 5.80. The van der Waals surface area contributed by atoms with E-state index < -0.39 is 5.54 Å². The number of ether oxygens (including phenoxy) is 2. The zero-order valence-electron chi connectivity index (χ0n) is 10.5. The molecule has 1 rings (SSSR count). The summed E-state index contributed by atoms with van der Waals surface area (Å²) >= 11 is 0. The molecule has 0 spiro atoms. The molecule has 1 N–H and O–H groups in total. The maximum Gasteiger partial charge on any atom is 0.325 e. The van der Waals surface area contributed by atoms with Crippen LogP contribution in [-0.4, -0.2) is 38.9 Å². The topological polar surface area (TPSA) is 47.6 Å². The molecule has 94 valence electrons. The normalized spacial score (nSPS) is 19.9. The Hall–Kier alpha value is -0.610. The van der Waals surface area contributed by atoms with Crippen molar-refractivity contribution >= 4 is 5.97 Å². The Bertz CT molecular complexity index is 228. The van der Waals surface area contributed by atoms with Gasteiger partial charge in [0, 0.05) is 13.7 Å². The van der Waals surface area contributed by atoms with Gasteiger partial charge >= 0.3 is 5.97 Å². The minimum Gasteiger partial charge on any atom is -0.468 e. The third kappa shape index (κ3) is 3.46. The Balaban J connectivity index is 2.48. The third-order valence-electron chi connectivity index (χ3n) is 3.38. The van der Waals surface area contributed by atoms with Crippen LogP contribution in [0, 0.1) is 5.92 Å². The lowest BCUT2D eigenvalue weighted by Crippen LogP contribution is -2.52. The van der Waals surface area contributed by atoms with Gasteiger partial charge in [-0.15, -0.1) is 0 Å². The van der Waals surface area contributed by atoms with Crippen molar-refractivity contribution in [2.24, 2.45) is 5.92 Å². The summed E-state index contributed by atoms with van der Waals surface area (Å²) in [7, 11) is 3.10. The first-order valence-electron chi connectivity index (χ1n) is 5.95. The van der Waals surface area contributed by atoms with Gasteiger partial charge in [-0.1, -0.05) is 19.3 Å². The van der Waals surface area contributed by atoms with Crippen molar-refractivity contribution in [3.8, 4) is 0 Å². The van der Waals surface area contributed by atoms with Crippen LogP contribution in [0.4, 0.5) is 0 Å². The van der Waals surface area contributed by atoms with Crippen molar-refractivity contribution in [1.29, 1.82) is 0 Å². The molecule has 0 amide bonds. The van der Waals surface area contributed by atoms with Crippen molar-refractivity contribution in [3.05, 3.63) is 0 Å². The lowest BCUT2D eigenvalue weighted by Gasteiger charge is -2.35. The van der Waals surface area contributed by atoms with Crippen LogP contribution in [0.3, 0.4) is 0 Å². The van der Waals surface area contributed by atoms with E-state index in [0.29, 0.717) is 19.1 Å².